The molecule has 3 fully saturated rings. The van der Waals surface area contributed by atoms with Gasteiger partial charge >= 0.3 is 0 Å². The zero-order valence-corrected chi connectivity index (χ0v) is 18.6. The van der Waals surface area contributed by atoms with E-state index >= 15 is 0 Å². The monoisotopic (exact) mass is 430 g/mol. The Morgan fingerprint density at radius 2 is 2.00 bits per heavy atom. The summed E-state index contributed by atoms with van der Waals surface area (Å²) in [7, 11) is 1.69. The van der Waals surface area contributed by atoms with Crippen molar-refractivity contribution in [2.45, 2.75) is 43.8 Å². The molecule has 5 heteroatoms. The van der Waals surface area contributed by atoms with E-state index < -0.39 is 0 Å². The summed E-state index contributed by atoms with van der Waals surface area (Å²) in [6, 6.07) is 16.7. The van der Waals surface area contributed by atoms with E-state index in [1.807, 2.05) is 18.2 Å². The predicted octanol–water partition coefficient (Wildman–Crippen LogP) is 3.37. The summed E-state index contributed by atoms with van der Waals surface area (Å²) in [5.41, 5.74) is 2.97. The Morgan fingerprint density at radius 1 is 1.19 bits per heavy atom. The summed E-state index contributed by atoms with van der Waals surface area (Å²) >= 11 is 0. The molecule has 1 spiro atoms. The number of methoxy groups -OCH3 is 1. The molecule has 3 saturated heterocycles. The molecule has 1 unspecified atom stereocenters. The minimum atomic E-state index is -0.341. The lowest BCUT2D eigenvalue weighted by Crippen LogP contribution is -2.49. The van der Waals surface area contributed by atoms with Crippen molar-refractivity contribution in [3.05, 3.63) is 65.2 Å². The average molecular weight is 431 g/mol. The fraction of sp³-hybridized carbons (Fsp3) is 0.444. The van der Waals surface area contributed by atoms with Crippen molar-refractivity contribution in [3.63, 3.8) is 0 Å². The lowest BCUT2D eigenvalue weighted by molar-refractivity contribution is -0.137. The molecule has 3 aliphatic heterocycles. The first kappa shape index (κ1) is 21.1. The molecule has 3 heterocycles. The quantitative estimate of drug-likeness (QED) is 0.739. The molecule has 0 aliphatic carbocycles. The van der Waals surface area contributed by atoms with Gasteiger partial charge in [-0.1, -0.05) is 42.2 Å². The molecular formula is C27H30N2O3. The first-order valence-corrected chi connectivity index (χ1v) is 11.5. The second-order valence-corrected chi connectivity index (χ2v) is 9.06. The van der Waals surface area contributed by atoms with Gasteiger partial charge in [-0.25, -0.2) is 0 Å². The topological polar surface area (TPSA) is 53.0 Å². The van der Waals surface area contributed by atoms with Gasteiger partial charge < -0.3 is 14.7 Å². The predicted molar refractivity (Wildman–Crippen MR) is 123 cm³/mol. The van der Waals surface area contributed by atoms with E-state index in [0.29, 0.717) is 30.8 Å². The van der Waals surface area contributed by atoms with Crippen molar-refractivity contribution in [1.29, 1.82) is 0 Å². The molecule has 3 atom stereocenters. The van der Waals surface area contributed by atoms with E-state index in [1.54, 1.807) is 7.11 Å². The van der Waals surface area contributed by atoms with Crippen molar-refractivity contribution >= 4 is 5.91 Å². The molecule has 3 aliphatic rings. The van der Waals surface area contributed by atoms with Gasteiger partial charge in [-0.2, -0.15) is 0 Å². The van der Waals surface area contributed by atoms with Gasteiger partial charge in [0.25, 0.3) is 0 Å². The lowest BCUT2D eigenvalue weighted by Gasteiger charge is -2.33. The number of benzene rings is 2. The molecule has 0 aromatic heterocycles. The molecule has 2 aromatic rings. The second kappa shape index (κ2) is 8.61. The number of hydrogen-bond acceptors (Lipinski definition) is 4. The Labute approximate surface area is 190 Å². The van der Waals surface area contributed by atoms with E-state index in [2.05, 4.69) is 52.0 Å². The van der Waals surface area contributed by atoms with Crippen LogP contribution in [-0.2, 0) is 11.3 Å². The number of carbonyl (C=O) groups excluding carboxylic acids is 1. The average Bonchev–Trinajstić information content (AvgIpc) is 3.45. The van der Waals surface area contributed by atoms with Crippen molar-refractivity contribution in [3.8, 4) is 17.6 Å². The largest absolute Gasteiger partial charge is 0.496 e. The van der Waals surface area contributed by atoms with Crippen LogP contribution in [0.1, 0.15) is 48.4 Å². The van der Waals surface area contributed by atoms with Crippen LogP contribution in [0.3, 0.4) is 0 Å². The molecule has 166 valence electrons. The summed E-state index contributed by atoms with van der Waals surface area (Å²) in [5, 5.41) is 8.90. The molecule has 32 heavy (non-hydrogen) atoms. The molecule has 0 bridgehead atoms. The van der Waals surface area contributed by atoms with Crippen LogP contribution in [0.5, 0.6) is 5.75 Å². The Bertz CT molecular complexity index is 1050. The summed E-state index contributed by atoms with van der Waals surface area (Å²) < 4.78 is 5.51. The van der Waals surface area contributed by atoms with Gasteiger partial charge in [0.1, 0.15) is 11.3 Å². The van der Waals surface area contributed by atoms with Gasteiger partial charge in [-0.3, -0.25) is 9.69 Å². The molecule has 5 nitrogen and oxygen atoms in total. The molecule has 1 amide bonds. The van der Waals surface area contributed by atoms with Crippen molar-refractivity contribution in [2.75, 3.05) is 26.8 Å². The highest BCUT2D eigenvalue weighted by Gasteiger charge is 2.65. The molecule has 0 saturated carbocycles. The molecule has 0 radical (unpaired) electrons. The molecule has 2 aromatic carbocycles. The highest BCUT2D eigenvalue weighted by Crippen LogP contribution is 2.56. The van der Waals surface area contributed by atoms with E-state index in [0.717, 1.165) is 49.2 Å². The SMILES string of the molecule is COc1ccccc1CN1C[C@H]2CC(c3ccc(C#CCCO)cc3)N3CCC[C@@]23C1=O. The van der Waals surface area contributed by atoms with Crippen LogP contribution in [0, 0.1) is 17.8 Å². The lowest BCUT2D eigenvalue weighted by atomic mass is 9.85. The van der Waals surface area contributed by atoms with Crippen molar-refractivity contribution < 1.29 is 14.6 Å². The van der Waals surface area contributed by atoms with E-state index in [-0.39, 0.29) is 12.1 Å². The van der Waals surface area contributed by atoms with Crippen LogP contribution in [0.15, 0.2) is 48.5 Å². The van der Waals surface area contributed by atoms with E-state index in [4.69, 9.17) is 9.84 Å². The number of likely N-dealkylation sites (tertiary alicyclic amines) is 1. The van der Waals surface area contributed by atoms with Crippen LogP contribution in [0.2, 0.25) is 0 Å². The minimum absolute atomic E-state index is 0.0910. The maximum atomic E-state index is 13.8. The fourth-order valence-corrected chi connectivity index (χ4v) is 6.08. The number of hydrogen-bond donors (Lipinski definition) is 1. The van der Waals surface area contributed by atoms with Crippen LogP contribution in [0.25, 0.3) is 0 Å². The van der Waals surface area contributed by atoms with E-state index in [1.165, 1.54) is 5.56 Å². The first-order chi connectivity index (χ1) is 15.7. The van der Waals surface area contributed by atoms with Crippen molar-refractivity contribution in [2.24, 2.45) is 5.92 Å². The Morgan fingerprint density at radius 3 is 2.78 bits per heavy atom. The standard InChI is InChI=1S/C27H30N2O3/c1-32-25-9-3-2-8-22(25)18-28-19-23-17-24(29-15-6-14-27(23,29)26(28)31)21-12-10-20(11-13-21)7-4-5-16-30/h2-3,8-13,23-24,30H,5-6,14-19H2,1H3/t23-,24?,27+/m1/s1. The molecule has 5 rings (SSSR count). The summed E-state index contributed by atoms with van der Waals surface area (Å²) in [6.07, 6.45) is 3.55. The third-order valence-electron chi connectivity index (χ3n) is 7.45. The van der Waals surface area contributed by atoms with Gasteiger partial charge in [0, 0.05) is 42.6 Å². The smallest absolute Gasteiger partial charge is 0.243 e. The van der Waals surface area contributed by atoms with Gasteiger partial charge in [0.2, 0.25) is 5.91 Å². The fourth-order valence-electron chi connectivity index (χ4n) is 6.08. The third-order valence-corrected chi connectivity index (χ3v) is 7.45. The van der Waals surface area contributed by atoms with E-state index in [9.17, 15) is 4.79 Å². The zero-order valence-electron chi connectivity index (χ0n) is 18.6. The van der Waals surface area contributed by atoms with Gasteiger partial charge in [0.05, 0.1) is 13.7 Å². The normalized spacial score (nSPS) is 26.6. The number of aliphatic hydroxyl groups is 1. The number of nitrogens with zero attached hydrogens (tertiary/aromatic N) is 2. The number of carbonyl (C=O) groups is 1. The number of ether oxygens (including phenoxy) is 1. The summed E-state index contributed by atoms with van der Waals surface area (Å²) in [4.78, 5) is 18.3. The summed E-state index contributed by atoms with van der Waals surface area (Å²) in [5.74, 6) is 7.58. The highest BCUT2D eigenvalue weighted by atomic mass is 16.5. The number of amides is 1. The number of aliphatic hydroxyl groups excluding tert-OH is 1. The Kier molecular flexibility index (Phi) is 5.67. The van der Waals surface area contributed by atoms with Crippen LogP contribution >= 0.6 is 0 Å². The Hall–Kier alpha value is -2.81. The third kappa shape index (κ3) is 3.39. The van der Waals surface area contributed by atoms with Crippen LogP contribution < -0.4 is 4.74 Å². The molecular weight excluding hydrogens is 400 g/mol. The zero-order chi connectivity index (χ0) is 22.1. The Balaban J connectivity index is 1.36. The maximum Gasteiger partial charge on any atom is 0.243 e. The molecule has 1 N–H and O–H groups in total. The number of para-hydroxylation sites is 1. The van der Waals surface area contributed by atoms with Gasteiger partial charge in [-0.05, 0) is 49.6 Å². The minimum Gasteiger partial charge on any atom is -0.496 e. The summed E-state index contributed by atoms with van der Waals surface area (Å²) in [6.45, 7) is 2.50. The van der Waals surface area contributed by atoms with Gasteiger partial charge in [-0.15, -0.1) is 0 Å². The van der Waals surface area contributed by atoms with Crippen molar-refractivity contribution in [1.82, 2.24) is 9.80 Å². The highest BCUT2D eigenvalue weighted by molar-refractivity contribution is 5.90. The van der Waals surface area contributed by atoms with Crippen LogP contribution in [0.4, 0.5) is 0 Å². The number of rotatable bonds is 5. The van der Waals surface area contributed by atoms with Crippen LogP contribution in [-0.4, -0.2) is 53.2 Å². The second-order valence-electron chi connectivity index (χ2n) is 9.06. The maximum absolute atomic E-state index is 13.8. The van der Waals surface area contributed by atoms with Gasteiger partial charge in [0.15, 0.2) is 0 Å². The first-order valence-electron chi connectivity index (χ1n) is 11.5.